The van der Waals surface area contributed by atoms with Crippen molar-refractivity contribution in [3.8, 4) is 0 Å². The minimum atomic E-state index is -0.419. The summed E-state index contributed by atoms with van der Waals surface area (Å²) < 4.78 is 5.03. The van der Waals surface area contributed by atoms with E-state index in [9.17, 15) is 4.79 Å². The van der Waals surface area contributed by atoms with Crippen LogP contribution in [0, 0.1) is 0 Å². The maximum absolute atomic E-state index is 11.0. The molecule has 0 saturated heterocycles. The number of hydrogen-bond acceptors (Lipinski definition) is 3. The van der Waals surface area contributed by atoms with E-state index in [0.29, 0.717) is 11.6 Å². The lowest BCUT2D eigenvalue weighted by Crippen LogP contribution is -2.09. The van der Waals surface area contributed by atoms with Crippen LogP contribution in [0.5, 0.6) is 0 Å². The Morgan fingerprint density at radius 2 is 2.21 bits per heavy atom. The molecular weight excluding hydrogens is 180 g/mol. The number of aromatic nitrogens is 1. The molecule has 1 aromatic heterocycles. The maximum atomic E-state index is 11.0. The molecule has 0 radical (unpaired) electrons. The molecule has 74 valence electrons. The van der Waals surface area contributed by atoms with Crippen LogP contribution in [-0.4, -0.2) is 11.0 Å². The Hall–Kier alpha value is -1.71. The second-order valence-corrected chi connectivity index (χ2v) is 3.50. The van der Waals surface area contributed by atoms with Gasteiger partial charge in [-0.1, -0.05) is 6.07 Å². The number of fused-ring (bicyclic) bond motifs is 1. The van der Waals surface area contributed by atoms with Crippen LogP contribution in [-0.2, 0) is 0 Å². The first kappa shape index (κ1) is 8.87. The van der Waals surface area contributed by atoms with Gasteiger partial charge in [-0.05, 0) is 26.0 Å². The minimum Gasteiger partial charge on any atom is -0.406 e. The quantitative estimate of drug-likeness (QED) is 0.764. The van der Waals surface area contributed by atoms with E-state index in [1.165, 1.54) is 0 Å². The molecule has 4 heteroatoms. The average Bonchev–Trinajstić information content (AvgIpc) is 2.45. The smallest absolute Gasteiger partial charge is 0.406 e. The minimum absolute atomic E-state index is 0.306. The number of aromatic amines is 1. The summed E-state index contributed by atoms with van der Waals surface area (Å²) in [5.74, 6) is -0.419. The fourth-order valence-electron chi connectivity index (χ4n) is 1.40. The number of H-pyrrole nitrogens is 1. The van der Waals surface area contributed by atoms with Crippen molar-refractivity contribution < 1.29 is 4.42 Å². The standard InChI is InChI=1S/C10H12N2O2/c1-6(2)11-7-4-3-5-8-9(7)14-10(13)12-8/h3-6,11H,1-2H3,(H,12,13). The van der Waals surface area contributed by atoms with Crippen LogP contribution >= 0.6 is 0 Å². The summed E-state index contributed by atoms with van der Waals surface area (Å²) in [6, 6.07) is 5.88. The predicted octanol–water partition coefficient (Wildman–Crippen LogP) is 1.94. The number of nitrogens with one attached hydrogen (secondary N) is 2. The molecule has 0 aliphatic carbocycles. The van der Waals surface area contributed by atoms with Crippen molar-refractivity contribution >= 4 is 16.8 Å². The summed E-state index contributed by atoms with van der Waals surface area (Å²) in [4.78, 5) is 13.6. The number of rotatable bonds is 2. The lowest BCUT2D eigenvalue weighted by molar-refractivity contribution is 0.555. The maximum Gasteiger partial charge on any atom is 0.417 e. The molecule has 1 aromatic carbocycles. The largest absolute Gasteiger partial charge is 0.417 e. The monoisotopic (exact) mass is 192 g/mol. The summed E-state index contributed by atoms with van der Waals surface area (Å²) in [7, 11) is 0. The highest BCUT2D eigenvalue weighted by atomic mass is 16.4. The van der Waals surface area contributed by atoms with Gasteiger partial charge in [0.15, 0.2) is 5.58 Å². The summed E-state index contributed by atoms with van der Waals surface area (Å²) in [6.45, 7) is 4.06. The van der Waals surface area contributed by atoms with Crippen LogP contribution in [0.1, 0.15) is 13.8 Å². The first-order chi connectivity index (χ1) is 6.66. The van der Waals surface area contributed by atoms with E-state index < -0.39 is 5.76 Å². The van der Waals surface area contributed by atoms with Gasteiger partial charge in [-0.15, -0.1) is 0 Å². The molecule has 0 spiro atoms. The Morgan fingerprint density at radius 1 is 1.43 bits per heavy atom. The number of anilines is 1. The zero-order chi connectivity index (χ0) is 10.1. The van der Waals surface area contributed by atoms with Crippen molar-refractivity contribution in [3.05, 3.63) is 28.7 Å². The molecule has 0 bridgehead atoms. The van der Waals surface area contributed by atoms with Crippen molar-refractivity contribution in [2.24, 2.45) is 0 Å². The van der Waals surface area contributed by atoms with E-state index in [2.05, 4.69) is 10.3 Å². The molecule has 0 fully saturated rings. The summed E-state index contributed by atoms with van der Waals surface area (Å²) >= 11 is 0. The lowest BCUT2D eigenvalue weighted by Gasteiger charge is -2.08. The van der Waals surface area contributed by atoms with Crippen molar-refractivity contribution in [3.63, 3.8) is 0 Å². The molecule has 0 amide bonds. The molecule has 14 heavy (non-hydrogen) atoms. The zero-order valence-corrected chi connectivity index (χ0v) is 8.13. The Kier molecular flexibility index (Phi) is 2.04. The second-order valence-electron chi connectivity index (χ2n) is 3.50. The van der Waals surface area contributed by atoms with Crippen LogP contribution in [0.2, 0.25) is 0 Å². The topological polar surface area (TPSA) is 58.0 Å². The normalized spacial score (nSPS) is 11.1. The molecule has 1 heterocycles. The highest BCUT2D eigenvalue weighted by Crippen LogP contribution is 2.20. The SMILES string of the molecule is CC(C)Nc1cccc2[nH]c(=O)oc12. The predicted molar refractivity (Wildman–Crippen MR) is 55.6 cm³/mol. The second kappa shape index (κ2) is 3.21. The van der Waals surface area contributed by atoms with Gasteiger partial charge in [0.1, 0.15) is 0 Å². The Labute approximate surface area is 80.9 Å². The number of benzene rings is 1. The van der Waals surface area contributed by atoms with Crippen LogP contribution in [0.15, 0.2) is 27.4 Å². The van der Waals surface area contributed by atoms with Gasteiger partial charge in [-0.25, -0.2) is 4.79 Å². The first-order valence-corrected chi connectivity index (χ1v) is 4.55. The number of oxazole rings is 1. The molecule has 2 N–H and O–H groups in total. The zero-order valence-electron chi connectivity index (χ0n) is 8.13. The highest BCUT2D eigenvalue weighted by Gasteiger charge is 2.06. The van der Waals surface area contributed by atoms with Crippen molar-refractivity contribution in [2.75, 3.05) is 5.32 Å². The Bertz CT molecular complexity index is 496. The van der Waals surface area contributed by atoms with Gasteiger partial charge in [0, 0.05) is 6.04 Å². The summed E-state index contributed by atoms with van der Waals surface area (Å²) in [6.07, 6.45) is 0. The molecule has 0 saturated carbocycles. The molecule has 2 aromatic rings. The summed E-state index contributed by atoms with van der Waals surface area (Å²) in [5, 5.41) is 3.21. The fourth-order valence-corrected chi connectivity index (χ4v) is 1.40. The first-order valence-electron chi connectivity index (χ1n) is 4.55. The molecule has 4 nitrogen and oxygen atoms in total. The van der Waals surface area contributed by atoms with Crippen molar-refractivity contribution in [2.45, 2.75) is 19.9 Å². The Morgan fingerprint density at radius 3 is 2.93 bits per heavy atom. The van der Waals surface area contributed by atoms with Crippen LogP contribution in [0.4, 0.5) is 5.69 Å². The molecule has 2 rings (SSSR count). The van der Waals surface area contributed by atoms with E-state index >= 15 is 0 Å². The Balaban J connectivity index is 2.58. The van der Waals surface area contributed by atoms with Gasteiger partial charge >= 0.3 is 5.76 Å². The molecular formula is C10H12N2O2. The average molecular weight is 192 g/mol. The van der Waals surface area contributed by atoms with Crippen molar-refractivity contribution in [1.82, 2.24) is 4.98 Å². The highest BCUT2D eigenvalue weighted by molar-refractivity contribution is 5.85. The van der Waals surface area contributed by atoms with Gasteiger partial charge in [0.05, 0.1) is 11.2 Å². The van der Waals surface area contributed by atoms with Gasteiger partial charge < -0.3 is 9.73 Å². The lowest BCUT2D eigenvalue weighted by atomic mass is 10.2. The third-order valence-corrected chi connectivity index (χ3v) is 1.89. The van der Waals surface area contributed by atoms with E-state index in [-0.39, 0.29) is 0 Å². The number of hydrogen-bond donors (Lipinski definition) is 2. The molecule has 0 unspecified atom stereocenters. The van der Waals surface area contributed by atoms with Gasteiger partial charge in [0.25, 0.3) is 0 Å². The molecule has 0 aliphatic rings. The van der Waals surface area contributed by atoms with Crippen LogP contribution in [0.25, 0.3) is 11.1 Å². The van der Waals surface area contributed by atoms with Crippen LogP contribution in [0.3, 0.4) is 0 Å². The van der Waals surface area contributed by atoms with Gasteiger partial charge in [-0.3, -0.25) is 4.98 Å². The van der Waals surface area contributed by atoms with Crippen molar-refractivity contribution in [1.29, 1.82) is 0 Å². The fraction of sp³-hybridized carbons (Fsp3) is 0.300. The van der Waals surface area contributed by atoms with E-state index in [1.54, 1.807) is 0 Å². The van der Waals surface area contributed by atoms with E-state index in [1.807, 2.05) is 32.0 Å². The van der Waals surface area contributed by atoms with Gasteiger partial charge in [0.2, 0.25) is 0 Å². The van der Waals surface area contributed by atoms with Gasteiger partial charge in [-0.2, -0.15) is 0 Å². The van der Waals surface area contributed by atoms with Crippen LogP contribution < -0.4 is 11.1 Å². The summed E-state index contributed by atoms with van der Waals surface area (Å²) in [5.41, 5.74) is 2.16. The number of para-hydroxylation sites is 1. The van der Waals surface area contributed by atoms with E-state index in [0.717, 1.165) is 11.2 Å². The molecule has 0 aliphatic heterocycles. The molecule has 0 atom stereocenters. The third-order valence-electron chi connectivity index (χ3n) is 1.89. The van der Waals surface area contributed by atoms with E-state index in [4.69, 9.17) is 4.42 Å². The third kappa shape index (κ3) is 1.51.